The molecule has 102 valence electrons. The summed E-state index contributed by atoms with van der Waals surface area (Å²) >= 11 is 0. The molecule has 4 heteroatoms. The van der Waals surface area contributed by atoms with Crippen LogP contribution in [0.3, 0.4) is 0 Å². The van der Waals surface area contributed by atoms with E-state index in [0.29, 0.717) is 11.8 Å². The molecule has 0 aromatic carbocycles. The lowest BCUT2D eigenvalue weighted by atomic mass is 9.77. The highest BCUT2D eigenvalue weighted by Crippen LogP contribution is 2.31. The third-order valence-corrected chi connectivity index (χ3v) is 4.09. The first-order chi connectivity index (χ1) is 8.19. The largest absolute Gasteiger partial charge is 0.396 e. The normalized spacial score (nSPS) is 28.9. The van der Waals surface area contributed by atoms with Gasteiger partial charge in [0.05, 0.1) is 6.10 Å². The first kappa shape index (κ1) is 14.9. The summed E-state index contributed by atoms with van der Waals surface area (Å²) in [5, 5.41) is 18.9. The Morgan fingerprint density at radius 2 is 1.76 bits per heavy atom. The van der Waals surface area contributed by atoms with Crippen LogP contribution in [0.15, 0.2) is 0 Å². The lowest BCUT2D eigenvalue weighted by Gasteiger charge is -2.33. The van der Waals surface area contributed by atoms with Crippen molar-refractivity contribution in [3.05, 3.63) is 0 Å². The van der Waals surface area contributed by atoms with E-state index in [9.17, 15) is 5.11 Å². The van der Waals surface area contributed by atoms with E-state index in [2.05, 4.69) is 0 Å². The molecule has 2 atom stereocenters. The lowest BCUT2D eigenvalue weighted by Crippen LogP contribution is -2.41. The van der Waals surface area contributed by atoms with Gasteiger partial charge in [-0.05, 0) is 63.3 Å². The smallest absolute Gasteiger partial charge is 0.0719 e. The molecule has 0 aromatic heterocycles. The van der Waals surface area contributed by atoms with Gasteiger partial charge in [-0.15, -0.1) is 0 Å². The molecule has 0 heterocycles. The number of nitrogens with two attached hydrogens (primary N) is 2. The van der Waals surface area contributed by atoms with Crippen molar-refractivity contribution in [2.75, 3.05) is 13.2 Å². The average Bonchev–Trinajstić information content (AvgIpc) is 2.38. The molecule has 6 N–H and O–H groups in total. The SMILES string of the molecule is NCC1CCC(C(O)C(N)CCCCO)CC1. The van der Waals surface area contributed by atoms with Crippen LogP contribution in [0.4, 0.5) is 0 Å². The summed E-state index contributed by atoms with van der Waals surface area (Å²) in [6.07, 6.45) is 6.45. The number of hydrogen-bond acceptors (Lipinski definition) is 4. The third kappa shape index (κ3) is 4.92. The number of aliphatic hydroxyl groups is 2. The molecule has 0 saturated heterocycles. The van der Waals surface area contributed by atoms with Gasteiger partial charge in [0.25, 0.3) is 0 Å². The maximum absolute atomic E-state index is 10.2. The Hall–Kier alpha value is -0.160. The van der Waals surface area contributed by atoms with Gasteiger partial charge in [-0.25, -0.2) is 0 Å². The zero-order valence-electron chi connectivity index (χ0n) is 10.7. The van der Waals surface area contributed by atoms with Crippen LogP contribution in [-0.2, 0) is 0 Å². The highest BCUT2D eigenvalue weighted by atomic mass is 16.3. The topological polar surface area (TPSA) is 92.5 Å². The first-order valence-corrected chi connectivity index (χ1v) is 6.93. The predicted octanol–water partition coefficient (Wildman–Crippen LogP) is 0.602. The van der Waals surface area contributed by atoms with Crippen LogP contribution in [0.25, 0.3) is 0 Å². The molecular weight excluding hydrogens is 216 g/mol. The standard InChI is InChI=1S/C13H28N2O2/c14-9-10-4-6-11(7-5-10)13(17)12(15)3-1-2-8-16/h10-13,16-17H,1-9,14-15H2. The zero-order valence-corrected chi connectivity index (χ0v) is 10.7. The fourth-order valence-electron chi connectivity index (χ4n) is 2.78. The summed E-state index contributed by atoms with van der Waals surface area (Å²) in [6, 6.07) is -0.138. The van der Waals surface area contributed by atoms with E-state index in [4.69, 9.17) is 16.6 Å². The summed E-state index contributed by atoms with van der Waals surface area (Å²) in [4.78, 5) is 0. The molecule has 0 aromatic rings. The lowest BCUT2D eigenvalue weighted by molar-refractivity contribution is 0.0503. The predicted molar refractivity (Wildman–Crippen MR) is 69.4 cm³/mol. The van der Waals surface area contributed by atoms with E-state index >= 15 is 0 Å². The van der Waals surface area contributed by atoms with Gasteiger partial charge >= 0.3 is 0 Å². The summed E-state index contributed by atoms with van der Waals surface area (Å²) in [5.74, 6) is 0.992. The van der Waals surface area contributed by atoms with Crippen LogP contribution >= 0.6 is 0 Å². The molecule has 1 aliphatic rings. The average molecular weight is 244 g/mol. The number of aliphatic hydroxyl groups excluding tert-OH is 2. The van der Waals surface area contributed by atoms with Crippen molar-refractivity contribution < 1.29 is 10.2 Å². The number of rotatable bonds is 7. The fourth-order valence-corrected chi connectivity index (χ4v) is 2.78. The molecule has 0 radical (unpaired) electrons. The molecule has 1 rings (SSSR count). The summed E-state index contributed by atoms with van der Waals surface area (Å²) in [7, 11) is 0. The van der Waals surface area contributed by atoms with Crippen molar-refractivity contribution in [3.63, 3.8) is 0 Å². The van der Waals surface area contributed by atoms with Crippen molar-refractivity contribution in [1.82, 2.24) is 0 Å². The monoisotopic (exact) mass is 244 g/mol. The van der Waals surface area contributed by atoms with Crippen molar-refractivity contribution in [2.45, 2.75) is 57.1 Å². The molecule has 17 heavy (non-hydrogen) atoms. The Morgan fingerprint density at radius 1 is 1.12 bits per heavy atom. The van der Waals surface area contributed by atoms with Gasteiger partial charge < -0.3 is 21.7 Å². The highest BCUT2D eigenvalue weighted by Gasteiger charge is 2.29. The van der Waals surface area contributed by atoms with Crippen molar-refractivity contribution in [2.24, 2.45) is 23.3 Å². The van der Waals surface area contributed by atoms with E-state index < -0.39 is 0 Å². The van der Waals surface area contributed by atoms with E-state index in [1.807, 2.05) is 0 Å². The minimum Gasteiger partial charge on any atom is -0.396 e. The summed E-state index contributed by atoms with van der Waals surface area (Å²) in [5.41, 5.74) is 11.7. The Kier molecular flexibility index (Phi) is 7.04. The van der Waals surface area contributed by atoms with Crippen molar-refractivity contribution >= 4 is 0 Å². The second kappa shape index (κ2) is 8.03. The molecule has 1 aliphatic carbocycles. The third-order valence-electron chi connectivity index (χ3n) is 4.09. The van der Waals surface area contributed by atoms with E-state index in [1.54, 1.807) is 0 Å². The van der Waals surface area contributed by atoms with Gasteiger partial charge in [-0.1, -0.05) is 0 Å². The fraction of sp³-hybridized carbons (Fsp3) is 1.00. The van der Waals surface area contributed by atoms with E-state index in [1.165, 1.54) is 0 Å². The maximum Gasteiger partial charge on any atom is 0.0719 e. The van der Waals surface area contributed by atoms with Gasteiger partial charge in [0, 0.05) is 12.6 Å². The van der Waals surface area contributed by atoms with Crippen LogP contribution in [-0.4, -0.2) is 35.5 Å². The minimum absolute atomic E-state index is 0.138. The Balaban J connectivity index is 2.24. The van der Waals surface area contributed by atoms with Gasteiger partial charge in [-0.3, -0.25) is 0 Å². The Labute approximate surface area is 104 Å². The molecule has 0 spiro atoms. The van der Waals surface area contributed by atoms with E-state index in [0.717, 1.165) is 51.5 Å². The van der Waals surface area contributed by atoms with Crippen molar-refractivity contribution in [3.8, 4) is 0 Å². The molecule has 1 saturated carbocycles. The van der Waals surface area contributed by atoms with Crippen LogP contribution in [0, 0.1) is 11.8 Å². The summed E-state index contributed by atoms with van der Waals surface area (Å²) in [6.45, 7) is 0.982. The van der Waals surface area contributed by atoms with Crippen LogP contribution in [0.5, 0.6) is 0 Å². The van der Waals surface area contributed by atoms with Gasteiger partial charge in [0.1, 0.15) is 0 Å². The molecule has 0 bridgehead atoms. The summed E-state index contributed by atoms with van der Waals surface area (Å²) < 4.78 is 0. The van der Waals surface area contributed by atoms with Crippen molar-refractivity contribution in [1.29, 1.82) is 0 Å². The van der Waals surface area contributed by atoms with Gasteiger partial charge in [-0.2, -0.15) is 0 Å². The molecule has 0 aliphatic heterocycles. The zero-order chi connectivity index (χ0) is 12.7. The van der Waals surface area contributed by atoms with Crippen LogP contribution in [0.1, 0.15) is 44.9 Å². The van der Waals surface area contributed by atoms with Crippen LogP contribution < -0.4 is 11.5 Å². The molecule has 2 unspecified atom stereocenters. The quantitative estimate of drug-likeness (QED) is 0.494. The number of hydrogen-bond donors (Lipinski definition) is 4. The first-order valence-electron chi connectivity index (χ1n) is 6.93. The van der Waals surface area contributed by atoms with Crippen LogP contribution in [0.2, 0.25) is 0 Å². The molecule has 1 fully saturated rings. The van der Waals surface area contributed by atoms with Gasteiger partial charge in [0.15, 0.2) is 0 Å². The molecule has 0 amide bonds. The maximum atomic E-state index is 10.2. The second-order valence-electron chi connectivity index (χ2n) is 5.39. The minimum atomic E-state index is -0.382. The Bertz CT molecular complexity index is 194. The van der Waals surface area contributed by atoms with Gasteiger partial charge in [0.2, 0.25) is 0 Å². The highest BCUT2D eigenvalue weighted by molar-refractivity contribution is 4.83. The number of unbranched alkanes of at least 4 members (excludes halogenated alkanes) is 1. The molecular formula is C13H28N2O2. The second-order valence-corrected chi connectivity index (χ2v) is 5.39. The van der Waals surface area contributed by atoms with E-state index in [-0.39, 0.29) is 18.8 Å². The Morgan fingerprint density at radius 3 is 2.29 bits per heavy atom. The molecule has 4 nitrogen and oxygen atoms in total.